The first-order chi connectivity index (χ1) is 5.68. The molecule has 0 aliphatic heterocycles. The molecular formula is C10H21BrS. The monoisotopic (exact) mass is 252 g/mol. The molecule has 0 rings (SSSR count). The van der Waals surface area contributed by atoms with Crippen LogP contribution in [0.4, 0.5) is 0 Å². The van der Waals surface area contributed by atoms with Crippen LogP contribution in [0, 0.1) is 5.41 Å². The fourth-order valence-corrected chi connectivity index (χ4v) is 2.81. The van der Waals surface area contributed by atoms with E-state index in [1.54, 1.807) is 0 Å². The summed E-state index contributed by atoms with van der Waals surface area (Å²) in [7, 11) is 0. The maximum atomic E-state index is 3.62. The highest BCUT2D eigenvalue weighted by atomic mass is 79.9. The molecule has 0 amide bonds. The third-order valence-corrected chi connectivity index (χ3v) is 4.49. The Morgan fingerprint density at radius 1 is 1.25 bits per heavy atom. The van der Waals surface area contributed by atoms with E-state index in [1.165, 1.54) is 30.8 Å². The molecule has 1 atom stereocenters. The molecule has 0 bridgehead atoms. The molecule has 0 aromatic heterocycles. The first-order valence-electron chi connectivity index (χ1n) is 4.82. The summed E-state index contributed by atoms with van der Waals surface area (Å²) in [4.78, 5) is 0. The number of hydrogen-bond donors (Lipinski definition) is 0. The molecule has 0 N–H and O–H groups in total. The molecule has 0 nitrogen and oxygen atoms in total. The lowest BCUT2D eigenvalue weighted by molar-refractivity contribution is 0.333. The van der Waals surface area contributed by atoms with Gasteiger partial charge in [0.15, 0.2) is 0 Å². The van der Waals surface area contributed by atoms with Gasteiger partial charge >= 0.3 is 0 Å². The molecule has 2 heteroatoms. The van der Waals surface area contributed by atoms with Crippen molar-refractivity contribution in [1.29, 1.82) is 0 Å². The summed E-state index contributed by atoms with van der Waals surface area (Å²) >= 11 is 5.67. The van der Waals surface area contributed by atoms with Crippen molar-refractivity contribution in [2.75, 3.05) is 16.8 Å². The summed E-state index contributed by atoms with van der Waals surface area (Å²) in [6.45, 7) is 6.89. The highest BCUT2D eigenvalue weighted by Crippen LogP contribution is 2.31. The van der Waals surface area contributed by atoms with E-state index >= 15 is 0 Å². The summed E-state index contributed by atoms with van der Waals surface area (Å²) in [5, 5.41) is 1.15. The van der Waals surface area contributed by atoms with E-state index in [9.17, 15) is 0 Å². The Kier molecular flexibility index (Phi) is 7.76. The normalized spacial score (nSPS) is 16.0. The van der Waals surface area contributed by atoms with Crippen molar-refractivity contribution >= 4 is 27.7 Å². The topological polar surface area (TPSA) is 0 Å². The van der Waals surface area contributed by atoms with E-state index in [4.69, 9.17) is 0 Å². The van der Waals surface area contributed by atoms with Gasteiger partial charge in [-0.3, -0.25) is 0 Å². The first-order valence-corrected chi connectivity index (χ1v) is 7.10. The summed E-state index contributed by atoms with van der Waals surface area (Å²) in [6.07, 6.45) is 4.01. The van der Waals surface area contributed by atoms with Gasteiger partial charge in [0.25, 0.3) is 0 Å². The summed E-state index contributed by atoms with van der Waals surface area (Å²) in [6, 6.07) is 0. The second-order valence-electron chi connectivity index (χ2n) is 3.64. The zero-order valence-electron chi connectivity index (χ0n) is 8.53. The largest absolute Gasteiger partial charge is 0.162 e. The van der Waals surface area contributed by atoms with E-state index in [0.29, 0.717) is 5.41 Å². The maximum absolute atomic E-state index is 3.62. The predicted octanol–water partition coefficient (Wildman–Crippen LogP) is 4.33. The maximum Gasteiger partial charge on any atom is 0.00856 e. The molecule has 12 heavy (non-hydrogen) atoms. The Hall–Kier alpha value is 0.830. The standard InChI is InChI=1S/C10H21BrS/c1-4-6-10(3,9-11)7-8-12-5-2/h4-9H2,1-3H3. The van der Waals surface area contributed by atoms with Gasteiger partial charge in [-0.25, -0.2) is 0 Å². The highest BCUT2D eigenvalue weighted by Gasteiger charge is 2.20. The fraction of sp³-hybridized carbons (Fsp3) is 1.00. The third-order valence-electron chi connectivity index (χ3n) is 2.23. The smallest absolute Gasteiger partial charge is 0.00856 e. The van der Waals surface area contributed by atoms with Crippen LogP contribution in [0.5, 0.6) is 0 Å². The van der Waals surface area contributed by atoms with Gasteiger partial charge in [0.2, 0.25) is 0 Å². The van der Waals surface area contributed by atoms with Gasteiger partial charge in [-0.1, -0.05) is 43.1 Å². The minimum atomic E-state index is 0.539. The molecule has 0 radical (unpaired) electrons. The predicted molar refractivity (Wildman–Crippen MR) is 64.4 cm³/mol. The van der Waals surface area contributed by atoms with Crippen molar-refractivity contribution in [1.82, 2.24) is 0 Å². The van der Waals surface area contributed by atoms with Crippen molar-refractivity contribution < 1.29 is 0 Å². The molecule has 0 fully saturated rings. The lowest BCUT2D eigenvalue weighted by Crippen LogP contribution is -2.18. The third kappa shape index (κ3) is 5.47. The molecule has 74 valence electrons. The second kappa shape index (κ2) is 7.25. The van der Waals surface area contributed by atoms with E-state index in [2.05, 4.69) is 48.5 Å². The van der Waals surface area contributed by atoms with E-state index in [0.717, 1.165) is 5.33 Å². The molecule has 0 aliphatic carbocycles. The van der Waals surface area contributed by atoms with Crippen molar-refractivity contribution in [2.24, 2.45) is 5.41 Å². The van der Waals surface area contributed by atoms with Gasteiger partial charge < -0.3 is 0 Å². The van der Waals surface area contributed by atoms with Crippen LogP contribution < -0.4 is 0 Å². The molecule has 0 aromatic rings. The minimum absolute atomic E-state index is 0.539. The van der Waals surface area contributed by atoms with Crippen molar-refractivity contribution in [3.8, 4) is 0 Å². The average molecular weight is 253 g/mol. The summed E-state index contributed by atoms with van der Waals surface area (Å²) in [5.74, 6) is 2.57. The van der Waals surface area contributed by atoms with Crippen LogP contribution in [0.25, 0.3) is 0 Å². The molecule has 0 saturated carbocycles. The van der Waals surface area contributed by atoms with Gasteiger partial charge in [-0.15, -0.1) is 0 Å². The lowest BCUT2D eigenvalue weighted by atomic mass is 9.85. The molecule has 0 aromatic carbocycles. The second-order valence-corrected chi connectivity index (χ2v) is 5.60. The van der Waals surface area contributed by atoms with Gasteiger partial charge in [0.1, 0.15) is 0 Å². The average Bonchev–Trinajstić information content (AvgIpc) is 2.06. The number of thioether (sulfide) groups is 1. The quantitative estimate of drug-likeness (QED) is 0.480. The van der Waals surface area contributed by atoms with Crippen molar-refractivity contribution in [3.05, 3.63) is 0 Å². The Morgan fingerprint density at radius 2 is 1.92 bits per heavy atom. The van der Waals surface area contributed by atoms with E-state index < -0.39 is 0 Å². The van der Waals surface area contributed by atoms with Crippen LogP contribution in [-0.4, -0.2) is 16.8 Å². The van der Waals surface area contributed by atoms with Crippen LogP contribution >= 0.6 is 27.7 Å². The zero-order chi connectivity index (χ0) is 9.45. The van der Waals surface area contributed by atoms with E-state index in [-0.39, 0.29) is 0 Å². The van der Waals surface area contributed by atoms with Gasteiger partial charge in [-0.2, -0.15) is 11.8 Å². The Bertz CT molecular complexity index is 106. The number of rotatable bonds is 7. The fourth-order valence-electron chi connectivity index (χ4n) is 1.33. The number of alkyl halides is 1. The SMILES string of the molecule is CCCC(C)(CBr)CCSCC. The van der Waals surface area contributed by atoms with Gasteiger partial charge in [-0.05, 0) is 29.8 Å². The summed E-state index contributed by atoms with van der Waals surface area (Å²) in [5.41, 5.74) is 0.539. The summed E-state index contributed by atoms with van der Waals surface area (Å²) < 4.78 is 0. The van der Waals surface area contributed by atoms with Crippen LogP contribution in [-0.2, 0) is 0 Å². The van der Waals surface area contributed by atoms with Crippen LogP contribution in [0.2, 0.25) is 0 Å². The van der Waals surface area contributed by atoms with Gasteiger partial charge in [0, 0.05) is 5.33 Å². The number of halogens is 1. The first kappa shape index (κ1) is 12.8. The van der Waals surface area contributed by atoms with Crippen molar-refractivity contribution in [2.45, 2.75) is 40.0 Å². The van der Waals surface area contributed by atoms with Crippen LogP contribution in [0.1, 0.15) is 40.0 Å². The Balaban J connectivity index is 3.63. The van der Waals surface area contributed by atoms with E-state index in [1.807, 2.05) is 0 Å². The molecule has 1 unspecified atom stereocenters. The molecule has 0 aliphatic rings. The molecular weight excluding hydrogens is 232 g/mol. The van der Waals surface area contributed by atoms with Crippen LogP contribution in [0.3, 0.4) is 0 Å². The minimum Gasteiger partial charge on any atom is -0.162 e. The Labute approximate surface area is 90.0 Å². The zero-order valence-corrected chi connectivity index (χ0v) is 10.9. The molecule has 0 heterocycles. The van der Waals surface area contributed by atoms with Crippen LogP contribution in [0.15, 0.2) is 0 Å². The lowest BCUT2D eigenvalue weighted by Gasteiger charge is -2.26. The van der Waals surface area contributed by atoms with Crippen molar-refractivity contribution in [3.63, 3.8) is 0 Å². The molecule has 0 saturated heterocycles. The Morgan fingerprint density at radius 3 is 2.33 bits per heavy atom. The number of hydrogen-bond acceptors (Lipinski definition) is 1. The van der Waals surface area contributed by atoms with Gasteiger partial charge in [0.05, 0.1) is 0 Å². The highest BCUT2D eigenvalue weighted by molar-refractivity contribution is 9.09. The molecule has 0 spiro atoms.